The largest absolute Gasteiger partial charge is 0.465 e. The SMILES string of the molecule is COC(=O)c1ccc(NC2=NCCCCC2)s1. The van der Waals surface area contributed by atoms with Gasteiger partial charge in [0.05, 0.1) is 12.1 Å². The smallest absolute Gasteiger partial charge is 0.348 e. The van der Waals surface area contributed by atoms with Crippen LogP contribution < -0.4 is 5.32 Å². The number of anilines is 1. The van der Waals surface area contributed by atoms with Gasteiger partial charge >= 0.3 is 5.97 Å². The van der Waals surface area contributed by atoms with Crippen LogP contribution >= 0.6 is 11.3 Å². The van der Waals surface area contributed by atoms with E-state index in [1.807, 2.05) is 6.07 Å². The molecule has 0 saturated carbocycles. The third-order valence-corrected chi connectivity index (χ3v) is 3.62. The molecule has 0 atom stereocenters. The maximum absolute atomic E-state index is 11.3. The number of amidine groups is 1. The summed E-state index contributed by atoms with van der Waals surface area (Å²) in [6, 6.07) is 3.67. The molecule has 4 nitrogen and oxygen atoms in total. The molecule has 1 aliphatic heterocycles. The zero-order valence-corrected chi connectivity index (χ0v) is 10.7. The molecule has 1 aromatic heterocycles. The van der Waals surface area contributed by atoms with Crippen molar-refractivity contribution in [1.82, 2.24) is 0 Å². The number of carbonyl (C=O) groups is 1. The van der Waals surface area contributed by atoms with Crippen molar-refractivity contribution in [3.05, 3.63) is 17.0 Å². The van der Waals surface area contributed by atoms with Gasteiger partial charge in [0.2, 0.25) is 0 Å². The van der Waals surface area contributed by atoms with E-state index in [0.717, 1.165) is 23.8 Å². The zero-order valence-electron chi connectivity index (χ0n) is 9.86. The fourth-order valence-corrected chi connectivity index (χ4v) is 2.58. The van der Waals surface area contributed by atoms with E-state index in [-0.39, 0.29) is 5.97 Å². The molecule has 0 saturated heterocycles. The number of esters is 1. The number of aliphatic imine (C=N–C) groups is 1. The van der Waals surface area contributed by atoms with Crippen LogP contribution in [0.3, 0.4) is 0 Å². The molecular formula is C12H16N2O2S. The maximum Gasteiger partial charge on any atom is 0.348 e. The van der Waals surface area contributed by atoms with Gasteiger partial charge in [-0.05, 0) is 25.0 Å². The summed E-state index contributed by atoms with van der Waals surface area (Å²) in [5.41, 5.74) is 0. The first kappa shape index (κ1) is 12.1. The Labute approximate surface area is 105 Å². The summed E-state index contributed by atoms with van der Waals surface area (Å²) in [4.78, 5) is 16.4. The van der Waals surface area contributed by atoms with Crippen molar-refractivity contribution in [3.8, 4) is 0 Å². The molecule has 0 fully saturated rings. The van der Waals surface area contributed by atoms with Crippen molar-refractivity contribution in [1.29, 1.82) is 0 Å². The molecule has 0 bridgehead atoms. The van der Waals surface area contributed by atoms with E-state index in [9.17, 15) is 4.79 Å². The van der Waals surface area contributed by atoms with Crippen molar-refractivity contribution in [2.24, 2.45) is 4.99 Å². The van der Waals surface area contributed by atoms with Gasteiger partial charge in [0.15, 0.2) is 0 Å². The first-order valence-electron chi connectivity index (χ1n) is 5.78. The van der Waals surface area contributed by atoms with E-state index in [1.54, 1.807) is 6.07 Å². The molecule has 0 unspecified atom stereocenters. The minimum atomic E-state index is -0.286. The van der Waals surface area contributed by atoms with Crippen LogP contribution in [0.25, 0.3) is 0 Å². The van der Waals surface area contributed by atoms with Crippen LogP contribution in [0.4, 0.5) is 5.00 Å². The monoisotopic (exact) mass is 252 g/mol. The normalized spacial score (nSPS) is 15.9. The number of thiophene rings is 1. The van der Waals surface area contributed by atoms with Crippen molar-refractivity contribution in [2.75, 3.05) is 19.0 Å². The lowest BCUT2D eigenvalue weighted by Crippen LogP contribution is -2.10. The first-order valence-corrected chi connectivity index (χ1v) is 6.60. The number of rotatable bonds is 2. The molecule has 2 heterocycles. The standard InChI is InChI=1S/C12H16N2O2S/c1-16-12(15)9-6-7-11(17-9)14-10-5-3-2-4-8-13-10/h6-7H,2-5,8H2,1H3,(H,13,14). The van der Waals surface area contributed by atoms with Gasteiger partial charge in [-0.15, -0.1) is 11.3 Å². The molecule has 1 aromatic rings. The zero-order chi connectivity index (χ0) is 12.1. The number of nitrogens with one attached hydrogen (secondary N) is 1. The van der Waals surface area contributed by atoms with Gasteiger partial charge in [-0.25, -0.2) is 4.79 Å². The topological polar surface area (TPSA) is 50.7 Å². The average molecular weight is 252 g/mol. The van der Waals surface area contributed by atoms with Crippen LogP contribution in [-0.2, 0) is 4.74 Å². The number of nitrogens with zero attached hydrogens (tertiary/aromatic N) is 1. The predicted molar refractivity (Wildman–Crippen MR) is 70.1 cm³/mol. The van der Waals surface area contributed by atoms with Crippen molar-refractivity contribution >= 4 is 28.1 Å². The van der Waals surface area contributed by atoms with Crippen LogP contribution in [0.2, 0.25) is 0 Å². The fraction of sp³-hybridized carbons (Fsp3) is 0.500. The number of ether oxygens (including phenoxy) is 1. The Balaban J connectivity index is 2.00. The third kappa shape index (κ3) is 3.30. The van der Waals surface area contributed by atoms with Gasteiger partial charge in [0, 0.05) is 13.0 Å². The summed E-state index contributed by atoms with van der Waals surface area (Å²) >= 11 is 1.40. The fourth-order valence-electron chi connectivity index (χ4n) is 1.73. The van der Waals surface area contributed by atoms with E-state index in [2.05, 4.69) is 15.0 Å². The highest BCUT2D eigenvalue weighted by Gasteiger charge is 2.10. The summed E-state index contributed by atoms with van der Waals surface area (Å²) in [6.07, 6.45) is 4.59. The van der Waals surface area contributed by atoms with E-state index in [1.165, 1.54) is 37.7 Å². The molecule has 92 valence electrons. The van der Waals surface area contributed by atoms with Crippen LogP contribution in [0.1, 0.15) is 35.4 Å². The summed E-state index contributed by atoms with van der Waals surface area (Å²) in [5, 5.41) is 4.23. The van der Waals surface area contributed by atoms with Crippen molar-refractivity contribution in [2.45, 2.75) is 25.7 Å². The highest BCUT2D eigenvalue weighted by atomic mass is 32.1. The molecule has 0 spiro atoms. The molecule has 2 rings (SSSR count). The Bertz CT molecular complexity index is 426. The minimum absolute atomic E-state index is 0.286. The number of methoxy groups -OCH3 is 1. The minimum Gasteiger partial charge on any atom is -0.465 e. The Morgan fingerprint density at radius 1 is 1.41 bits per heavy atom. The van der Waals surface area contributed by atoms with E-state index >= 15 is 0 Å². The summed E-state index contributed by atoms with van der Waals surface area (Å²) in [7, 11) is 1.39. The first-order chi connectivity index (χ1) is 8.29. The molecule has 0 aliphatic carbocycles. The van der Waals surface area contributed by atoms with E-state index in [4.69, 9.17) is 0 Å². The molecule has 17 heavy (non-hydrogen) atoms. The average Bonchev–Trinajstić information content (AvgIpc) is 2.65. The molecule has 5 heteroatoms. The highest BCUT2D eigenvalue weighted by molar-refractivity contribution is 7.18. The lowest BCUT2D eigenvalue weighted by molar-refractivity contribution is 0.0606. The van der Waals surface area contributed by atoms with Gasteiger partial charge in [-0.3, -0.25) is 4.99 Å². The van der Waals surface area contributed by atoms with Crippen molar-refractivity contribution < 1.29 is 9.53 Å². The number of hydrogen-bond donors (Lipinski definition) is 1. The summed E-state index contributed by atoms with van der Waals surface area (Å²) in [6.45, 7) is 0.900. The number of hydrogen-bond acceptors (Lipinski definition) is 5. The molecule has 0 amide bonds. The Morgan fingerprint density at radius 3 is 3.12 bits per heavy atom. The Morgan fingerprint density at radius 2 is 2.29 bits per heavy atom. The van der Waals surface area contributed by atoms with E-state index in [0.29, 0.717) is 4.88 Å². The van der Waals surface area contributed by atoms with Crippen LogP contribution in [0, 0.1) is 0 Å². The quantitative estimate of drug-likeness (QED) is 0.823. The van der Waals surface area contributed by atoms with Gasteiger partial charge in [-0.1, -0.05) is 6.42 Å². The molecule has 0 radical (unpaired) electrons. The van der Waals surface area contributed by atoms with Crippen LogP contribution in [-0.4, -0.2) is 25.5 Å². The van der Waals surface area contributed by atoms with Gasteiger partial charge in [-0.2, -0.15) is 0 Å². The van der Waals surface area contributed by atoms with Gasteiger partial charge in [0.1, 0.15) is 10.7 Å². The van der Waals surface area contributed by atoms with E-state index < -0.39 is 0 Å². The lowest BCUT2D eigenvalue weighted by atomic mass is 10.2. The summed E-state index contributed by atoms with van der Waals surface area (Å²) in [5.74, 6) is 0.742. The lowest BCUT2D eigenvalue weighted by Gasteiger charge is -2.04. The van der Waals surface area contributed by atoms with Gasteiger partial charge < -0.3 is 10.1 Å². The second kappa shape index (κ2) is 5.82. The van der Waals surface area contributed by atoms with Crippen molar-refractivity contribution in [3.63, 3.8) is 0 Å². The maximum atomic E-state index is 11.3. The third-order valence-electron chi connectivity index (χ3n) is 2.63. The second-order valence-electron chi connectivity index (χ2n) is 3.92. The molecular weight excluding hydrogens is 236 g/mol. The predicted octanol–water partition coefficient (Wildman–Crippen LogP) is 2.92. The van der Waals surface area contributed by atoms with Crippen LogP contribution in [0.5, 0.6) is 0 Å². The van der Waals surface area contributed by atoms with Gasteiger partial charge in [0.25, 0.3) is 0 Å². The second-order valence-corrected chi connectivity index (χ2v) is 5.00. The molecule has 0 aromatic carbocycles. The van der Waals surface area contributed by atoms with Crippen LogP contribution in [0.15, 0.2) is 17.1 Å². The molecule has 1 N–H and O–H groups in total. The number of carbonyl (C=O) groups excluding carboxylic acids is 1. The highest BCUT2D eigenvalue weighted by Crippen LogP contribution is 2.23. The Kier molecular flexibility index (Phi) is 4.14. The Hall–Kier alpha value is -1.36. The molecule has 1 aliphatic rings. The summed E-state index contributed by atoms with van der Waals surface area (Å²) < 4.78 is 4.67.